The normalized spacial score (nSPS) is 51.7. The van der Waals surface area contributed by atoms with E-state index in [-0.39, 0.29) is 0 Å². The van der Waals surface area contributed by atoms with E-state index < -0.39 is 74.4 Å². The summed E-state index contributed by atoms with van der Waals surface area (Å²) in [5, 5.41) is 67.9. The largest absolute Gasteiger partial charge is 0.394 e. The van der Waals surface area contributed by atoms with Crippen molar-refractivity contribution >= 4 is 0 Å². The van der Waals surface area contributed by atoms with Crippen LogP contribution < -0.4 is 0 Å². The van der Waals surface area contributed by atoms with Gasteiger partial charge in [0.2, 0.25) is 0 Å². The first-order valence-corrected chi connectivity index (χ1v) is 7.40. The molecule has 7 N–H and O–H groups in total. The smallest absolute Gasteiger partial charge is 0.187 e. The van der Waals surface area contributed by atoms with Gasteiger partial charge in [-0.1, -0.05) is 0 Å². The minimum atomic E-state index is -1.65. The third kappa shape index (κ3) is 3.66. The van der Waals surface area contributed by atoms with Gasteiger partial charge in [-0.3, -0.25) is 0 Å². The van der Waals surface area contributed by atoms with Crippen molar-refractivity contribution in [3.05, 3.63) is 0 Å². The fourth-order valence-corrected chi connectivity index (χ4v) is 2.76. The highest BCUT2D eigenvalue weighted by Crippen LogP contribution is 2.28. The lowest BCUT2D eigenvalue weighted by atomic mass is 9.95. The molecule has 0 spiro atoms. The number of hydrogen-bond acceptors (Lipinski definition) is 10. The van der Waals surface area contributed by atoms with Gasteiger partial charge < -0.3 is 50.0 Å². The molecule has 0 aliphatic carbocycles. The molecule has 2 rings (SSSR count). The molecule has 136 valence electrons. The number of ether oxygens (including phenoxy) is 3. The van der Waals surface area contributed by atoms with E-state index in [1.165, 1.54) is 6.92 Å². The van der Waals surface area contributed by atoms with E-state index in [1.54, 1.807) is 0 Å². The average Bonchev–Trinajstić information content (AvgIpc) is 2.54. The minimum Gasteiger partial charge on any atom is -0.394 e. The second-order valence-electron chi connectivity index (χ2n) is 5.84. The van der Waals surface area contributed by atoms with Crippen LogP contribution in [0.2, 0.25) is 0 Å². The van der Waals surface area contributed by atoms with E-state index in [9.17, 15) is 30.6 Å². The minimum absolute atomic E-state index is 0.507. The molecule has 10 nitrogen and oxygen atoms in total. The Kier molecular flexibility index (Phi) is 6.30. The highest BCUT2D eigenvalue weighted by atomic mass is 16.7. The highest BCUT2D eigenvalue weighted by molar-refractivity contribution is 4.94. The van der Waals surface area contributed by atoms with E-state index in [0.717, 1.165) is 0 Å². The summed E-state index contributed by atoms with van der Waals surface area (Å²) in [6, 6.07) is 0. The lowest BCUT2D eigenvalue weighted by Gasteiger charge is -2.45. The number of hydrogen-bond donors (Lipinski definition) is 7. The van der Waals surface area contributed by atoms with Crippen LogP contribution in [0.3, 0.4) is 0 Å². The topological polar surface area (TPSA) is 169 Å². The molecule has 2 heterocycles. The highest BCUT2D eigenvalue weighted by Gasteiger charge is 2.49. The van der Waals surface area contributed by atoms with Crippen molar-refractivity contribution < 1.29 is 50.0 Å². The van der Waals surface area contributed by atoms with Gasteiger partial charge in [-0.15, -0.1) is 0 Å². The average molecular weight is 340 g/mol. The molecule has 2 fully saturated rings. The zero-order valence-corrected chi connectivity index (χ0v) is 12.5. The Morgan fingerprint density at radius 1 is 0.739 bits per heavy atom. The molecule has 0 radical (unpaired) electrons. The van der Waals surface area contributed by atoms with Gasteiger partial charge in [0.05, 0.1) is 19.3 Å². The van der Waals surface area contributed by atoms with Gasteiger partial charge in [0, 0.05) is 0 Å². The molecule has 0 saturated carbocycles. The Morgan fingerprint density at radius 2 is 1.30 bits per heavy atom. The van der Waals surface area contributed by atoms with E-state index in [1.807, 2.05) is 0 Å². The van der Waals surface area contributed by atoms with Crippen molar-refractivity contribution in [3.63, 3.8) is 0 Å². The van der Waals surface area contributed by atoms with Crippen LogP contribution in [0.15, 0.2) is 0 Å². The molecule has 0 bridgehead atoms. The van der Waals surface area contributed by atoms with Crippen LogP contribution in [-0.2, 0) is 14.2 Å². The van der Waals surface area contributed by atoms with Gasteiger partial charge in [0.25, 0.3) is 0 Å². The van der Waals surface area contributed by atoms with Crippen LogP contribution in [0.5, 0.6) is 0 Å². The molecule has 0 aromatic carbocycles. The maximum Gasteiger partial charge on any atom is 0.187 e. The second kappa shape index (κ2) is 7.66. The lowest BCUT2D eigenvalue weighted by Crippen LogP contribution is -2.64. The molecule has 0 aromatic heterocycles. The fraction of sp³-hybridized carbons (Fsp3) is 1.00. The third-order valence-corrected chi connectivity index (χ3v) is 4.24. The molecular formula is C13H24O10. The van der Waals surface area contributed by atoms with Gasteiger partial charge in [0.1, 0.15) is 48.8 Å². The van der Waals surface area contributed by atoms with Crippen LogP contribution in [-0.4, -0.2) is 110 Å². The summed E-state index contributed by atoms with van der Waals surface area (Å²) in [6.45, 7) is 0.384. The summed E-state index contributed by atoms with van der Waals surface area (Å²) in [6.07, 6.45) is -13.2. The van der Waals surface area contributed by atoms with E-state index in [4.69, 9.17) is 19.3 Å². The molecule has 10 heteroatoms. The summed E-state index contributed by atoms with van der Waals surface area (Å²) >= 11 is 0. The van der Waals surface area contributed by atoms with Crippen LogP contribution in [0.25, 0.3) is 0 Å². The molecule has 10 atom stereocenters. The zero-order chi connectivity index (χ0) is 17.3. The summed E-state index contributed by atoms with van der Waals surface area (Å²) < 4.78 is 15.8. The molecule has 0 amide bonds. The van der Waals surface area contributed by atoms with Crippen LogP contribution in [0.1, 0.15) is 6.92 Å². The molecule has 2 saturated heterocycles. The maximum atomic E-state index is 10.1. The molecule has 2 aliphatic rings. The van der Waals surface area contributed by atoms with Crippen LogP contribution in [0, 0.1) is 0 Å². The number of rotatable bonds is 4. The fourth-order valence-electron chi connectivity index (χ4n) is 2.76. The van der Waals surface area contributed by atoms with Crippen molar-refractivity contribution in [3.8, 4) is 0 Å². The predicted molar refractivity (Wildman–Crippen MR) is 72.1 cm³/mol. The predicted octanol–water partition coefficient (Wildman–Crippen LogP) is -4.33. The standard InChI is InChI=1S/C13H24O10/c1-4-7(16)12(9(18)6(3-15)21-4)23-13-11(20)10(19)8(17)5(2-14)22-13/h4-20H,2-3H2,1H3/t4?,5-,6-,7+,8-,9-,10+,11-,12-,13?/m1/s1. The Balaban J connectivity index is 2.11. The number of aliphatic hydroxyl groups excluding tert-OH is 7. The summed E-state index contributed by atoms with van der Waals surface area (Å²) in [5.41, 5.74) is 0. The van der Waals surface area contributed by atoms with E-state index in [2.05, 4.69) is 0 Å². The number of aliphatic hydroxyl groups is 7. The van der Waals surface area contributed by atoms with Gasteiger partial charge in [-0.05, 0) is 6.92 Å². The van der Waals surface area contributed by atoms with Gasteiger partial charge >= 0.3 is 0 Å². The van der Waals surface area contributed by atoms with Gasteiger partial charge in [-0.2, -0.15) is 0 Å². The van der Waals surface area contributed by atoms with Crippen LogP contribution >= 0.6 is 0 Å². The molecule has 2 unspecified atom stereocenters. The summed E-state index contributed by atoms with van der Waals surface area (Å²) in [4.78, 5) is 0. The second-order valence-corrected chi connectivity index (χ2v) is 5.84. The molecular weight excluding hydrogens is 316 g/mol. The Labute approximate surface area is 132 Å². The Bertz CT molecular complexity index is 380. The maximum absolute atomic E-state index is 10.1. The van der Waals surface area contributed by atoms with Crippen molar-refractivity contribution in [2.75, 3.05) is 13.2 Å². The van der Waals surface area contributed by atoms with Crippen molar-refractivity contribution in [1.29, 1.82) is 0 Å². The SMILES string of the molecule is CC1O[C@H](CO)[C@@H](O)[C@H](OC2O[C@H](CO)[C@@H](O)[C@H](O)[C@H]2O)[C@H]1O. The Morgan fingerprint density at radius 3 is 1.87 bits per heavy atom. The molecule has 23 heavy (non-hydrogen) atoms. The quantitative estimate of drug-likeness (QED) is 0.265. The Hall–Kier alpha value is -0.400. The van der Waals surface area contributed by atoms with Crippen molar-refractivity contribution in [2.24, 2.45) is 0 Å². The third-order valence-electron chi connectivity index (χ3n) is 4.24. The lowest BCUT2D eigenvalue weighted by molar-refractivity contribution is -0.340. The van der Waals surface area contributed by atoms with Crippen LogP contribution in [0.4, 0.5) is 0 Å². The van der Waals surface area contributed by atoms with Crippen molar-refractivity contribution in [1.82, 2.24) is 0 Å². The molecule has 0 aromatic rings. The van der Waals surface area contributed by atoms with Crippen molar-refractivity contribution in [2.45, 2.75) is 68.1 Å². The first-order valence-electron chi connectivity index (χ1n) is 7.40. The monoisotopic (exact) mass is 340 g/mol. The van der Waals surface area contributed by atoms with Gasteiger partial charge in [-0.25, -0.2) is 0 Å². The summed E-state index contributed by atoms with van der Waals surface area (Å²) in [7, 11) is 0. The van der Waals surface area contributed by atoms with E-state index >= 15 is 0 Å². The first-order chi connectivity index (χ1) is 10.8. The van der Waals surface area contributed by atoms with Gasteiger partial charge in [0.15, 0.2) is 6.29 Å². The summed E-state index contributed by atoms with van der Waals surface area (Å²) in [5.74, 6) is 0. The first kappa shape index (κ1) is 18.9. The van der Waals surface area contributed by atoms with E-state index in [0.29, 0.717) is 0 Å². The zero-order valence-electron chi connectivity index (χ0n) is 12.5. The molecule has 2 aliphatic heterocycles.